The van der Waals surface area contributed by atoms with Crippen molar-refractivity contribution in [2.45, 2.75) is 6.92 Å². The number of amides is 1. The third-order valence-corrected chi connectivity index (χ3v) is 3.97. The second-order valence-electron chi connectivity index (χ2n) is 4.82. The Kier molecular flexibility index (Phi) is 4.38. The van der Waals surface area contributed by atoms with Crippen LogP contribution in [0.5, 0.6) is 0 Å². The first-order valence-corrected chi connectivity index (χ1v) is 7.63. The van der Waals surface area contributed by atoms with Gasteiger partial charge in [0.1, 0.15) is 0 Å². The molecule has 2 heterocycles. The van der Waals surface area contributed by atoms with E-state index in [1.807, 2.05) is 25.1 Å². The molecule has 6 nitrogen and oxygen atoms in total. The average Bonchev–Trinajstić information content (AvgIpc) is 3.07. The van der Waals surface area contributed by atoms with Crippen LogP contribution in [0.25, 0.3) is 0 Å². The van der Waals surface area contributed by atoms with Crippen molar-refractivity contribution in [2.75, 3.05) is 10.6 Å². The molecule has 1 amide bonds. The first kappa shape index (κ1) is 15.2. The molecule has 0 aliphatic rings. The van der Waals surface area contributed by atoms with E-state index in [1.54, 1.807) is 24.3 Å². The summed E-state index contributed by atoms with van der Waals surface area (Å²) in [6, 6.07) is 12.5. The molecule has 0 radical (unpaired) electrons. The lowest BCUT2D eigenvalue weighted by atomic mass is 10.2. The van der Waals surface area contributed by atoms with Crippen LogP contribution in [0.3, 0.4) is 0 Å². The van der Waals surface area contributed by atoms with E-state index in [9.17, 15) is 4.79 Å². The molecule has 0 saturated heterocycles. The second kappa shape index (κ2) is 6.62. The minimum absolute atomic E-state index is 0.222. The van der Waals surface area contributed by atoms with Crippen molar-refractivity contribution in [3.8, 4) is 0 Å². The number of rotatable bonds is 4. The largest absolute Gasteiger partial charge is 0.459 e. The molecular formula is C16H13BrN4O2. The molecule has 2 aromatic heterocycles. The molecule has 3 rings (SSSR count). The number of halogens is 1. The highest BCUT2D eigenvalue weighted by atomic mass is 79.9. The third kappa shape index (κ3) is 3.75. The summed E-state index contributed by atoms with van der Waals surface area (Å²) in [6.07, 6.45) is 1.44. The van der Waals surface area contributed by atoms with Crippen molar-refractivity contribution in [1.29, 1.82) is 0 Å². The van der Waals surface area contributed by atoms with E-state index in [4.69, 9.17) is 4.42 Å². The Morgan fingerprint density at radius 2 is 1.91 bits per heavy atom. The number of aromatic nitrogens is 2. The van der Waals surface area contributed by atoms with Crippen molar-refractivity contribution in [3.05, 3.63) is 64.5 Å². The van der Waals surface area contributed by atoms with Crippen molar-refractivity contribution in [3.63, 3.8) is 0 Å². The summed E-state index contributed by atoms with van der Waals surface area (Å²) in [7, 11) is 0. The van der Waals surface area contributed by atoms with E-state index >= 15 is 0 Å². The molecule has 0 atom stereocenters. The van der Waals surface area contributed by atoms with Crippen LogP contribution in [-0.4, -0.2) is 16.1 Å². The van der Waals surface area contributed by atoms with E-state index in [0.717, 1.165) is 15.7 Å². The van der Waals surface area contributed by atoms with Crippen LogP contribution in [0.1, 0.15) is 16.1 Å². The van der Waals surface area contributed by atoms with Gasteiger partial charge < -0.3 is 15.1 Å². The highest BCUT2D eigenvalue weighted by Gasteiger charge is 2.09. The van der Waals surface area contributed by atoms with E-state index in [2.05, 4.69) is 36.8 Å². The lowest BCUT2D eigenvalue weighted by molar-refractivity contribution is 0.0996. The Hall–Kier alpha value is -2.67. The maximum atomic E-state index is 11.8. The van der Waals surface area contributed by atoms with Crippen LogP contribution in [0.4, 0.5) is 17.3 Å². The van der Waals surface area contributed by atoms with Gasteiger partial charge in [-0.05, 0) is 55.0 Å². The topological polar surface area (TPSA) is 80.0 Å². The van der Waals surface area contributed by atoms with Crippen molar-refractivity contribution >= 4 is 39.2 Å². The fourth-order valence-electron chi connectivity index (χ4n) is 1.92. The predicted molar refractivity (Wildman–Crippen MR) is 90.9 cm³/mol. The van der Waals surface area contributed by atoms with Crippen LogP contribution in [0, 0.1) is 6.92 Å². The number of nitrogens with one attached hydrogen (secondary N) is 2. The number of anilines is 3. The quantitative estimate of drug-likeness (QED) is 0.719. The number of furan rings is 1. The highest BCUT2D eigenvalue weighted by Crippen LogP contribution is 2.22. The molecule has 3 aromatic rings. The number of aryl methyl sites for hydroxylation is 1. The molecule has 0 spiro atoms. The number of carbonyl (C=O) groups is 1. The fraction of sp³-hybridized carbons (Fsp3) is 0.0625. The number of nitrogens with zero attached hydrogens (tertiary/aromatic N) is 2. The van der Waals surface area contributed by atoms with Crippen LogP contribution in [0.2, 0.25) is 0 Å². The van der Waals surface area contributed by atoms with Gasteiger partial charge in [0, 0.05) is 10.2 Å². The van der Waals surface area contributed by atoms with Gasteiger partial charge in [-0.1, -0.05) is 15.9 Å². The Morgan fingerprint density at radius 1 is 1.13 bits per heavy atom. The van der Waals surface area contributed by atoms with Crippen LogP contribution in [0.15, 0.2) is 57.6 Å². The minimum Gasteiger partial charge on any atom is -0.459 e. The number of hydrogen-bond acceptors (Lipinski definition) is 5. The maximum absolute atomic E-state index is 11.8. The van der Waals surface area contributed by atoms with Crippen molar-refractivity contribution in [2.24, 2.45) is 0 Å². The van der Waals surface area contributed by atoms with E-state index in [-0.39, 0.29) is 11.7 Å². The Bertz CT molecular complexity index is 817. The number of hydrogen-bond donors (Lipinski definition) is 2. The molecule has 2 N–H and O–H groups in total. The van der Waals surface area contributed by atoms with E-state index in [1.165, 1.54) is 6.26 Å². The zero-order valence-electron chi connectivity index (χ0n) is 12.2. The summed E-state index contributed by atoms with van der Waals surface area (Å²) in [4.78, 5) is 11.8. The summed E-state index contributed by atoms with van der Waals surface area (Å²) in [6.45, 7) is 2.01. The lowest BCUT2D eigenvalue weighted by Crippen LogP contribution is -2.12. The monoisotopic (exact) mass is 372 g/mol. The van der Waals surface area contributed by atoms with Gasteiger partial charge in [-0.2, -0.15) is 0 Å². The Labute approximate surface area is 141 Å². The molecule has 0 saturated carbocycles. The molecule has 0 unspecified atom stereocenters. The van der Waals surface area contributed by atoms with Gasteiger partial charge in [-0.25, -0.2) is 0 Å². The van der Waals surface area contributed by atoms with Crippen LogP contribution >= 0.6 is 15.9 Å². The molecule has 0 aliphatic heterocycles. The summed E-state index contributed by atoms with van der Waals surface area (Å²) in [5.41, 5.74) is 2.03. The fourth-order valence-corrected chi connectivity index (χ4v) is 2.17. The molecule has 0 aliphatic carbocycles. The number of carbonyl (C=O) groups excluding carboxylic acids is 1. The average molecular weight is 373 g/mol. The molecule has 7 heteroatoms. The van der Waals surface area contributed by atoms with E-state index < -0.39 is 0 Å². The third-order valence-electron chi connectivity index (χ3n) is 3.08. The predicted octanol–water partition coefficient (Wildman–Crippen LogP) is 4.14. The summed E-state index contributed by atoms with van der Waals surface area (Å²) < 4.78 is 6.06. The minimum atomic E-state index is -0.367. The van der Waals surface area contributed by atoms with Crippen LogP contribution in [-0.2, 0) is 0 Å². The van der Waals surface area contributed by atoms with Crippen molar-refractivity contribution in [1.82, 2.24) is 10.2 Å². The summed E-state index contributed by atoms with van der Waals surface area (Å²) >= 11 is 3.46. The molecule has 116 valence electrons. The Morgan fingerprint density at radius 3 is 2.57 bits per heavy atom. The first-order valence-electron chi connectivity index (χ1n) is 6.83. The number of benzene rings is 1. The summed E-state index contributed by atoms with van der Waals surface area (Å²) in [5, 5.41) is 13.8. The zero-order valence-corrected chi connectivity index (χ0v) is 13.8. The standard InChI is InChI=1S/C16H13BrN4O2/c1-10-9-11(4-5-12(10)17)18-14-6-7-15(21-20-14)19-16(22)13-3-2-8-23-13/h2-9H,1H3,(H,18,20)(H,19,21,22). The van der Waals surface area contributed by atoms with Gasteiger partial charge in [0.05, 0.1) is 6.26 Å². The smallest absolute Gasteiger partial charge is 0.292 e. The van der Waals surface area contributed by atoms with Crippen molar-refractivity contribution < 1.29 is 9.21 Å². The zero-order chi connectivity index (χ0) is 16.2. The molecule has 1 aromatic carbocycles. The molecule has 0 bridgehead atoms. The first-order chi connectivity index (χ1) is 11.1. The SMILES string of the molecule is Cc1cc(Nc2ccc(NC(=O)c3ccco3)nn2)ccc1Br. The molecule has 23 heavy (non-hydrogen) atoms. The van der Waals surface area contributed by atoms with Gasteiger partial charge in [-0.3, -0.25) is 4.79 Å². The van der Waals surface area contributed by atoms with Gasteiger partial charge in [0.15, 0.2) is 17.4 Å². The lowest BCUT2D eigenvalue weighted by Gasteiger charge is -2.07. The highest BCUT2D eigenvalue weighted by molar-refractivity contribution is 9.10. The second-order valence-corrected chi connectivity index (χ2v) is 5.68. The van der Waals surface area contributed by atoms with Crippen LogP contribution < -0.4 is 10.6 Å². The van der Waals surface area contributed by atoms with Gasteiger partial charge in [0.2, 0.25) is 0 Å². The molecular weight excluding hydrogens is 360 g/mol. The van der Waals surface area contributed by atoms with Gasteiger partial charge >= 0.3 is 0 Å². The van der Waals surface area contributed by atoms with Gasteiger partial charge in [-0.15, -0.1) is 10.2 Å². The van der Waals surface area contributed by atoms with Gasteiger partial charge in [0.25, 0.3) is 5.91 Å². The molecule has 0 fully saturated rings. The summed E-state index contributed by atoms with van der Waals surface area (Å²) in [5.74, 6) is 0.791. The maximum Gasteiger partial charge on any atom is 0.292 e. The Balaban J connectivity index is 1.67. The van der Waals surface area contributed by atoms with E-state index in [0.29, 0.717) is 11.6 Å². The normalized spacial score (nSPS) is 10.3.